The largest absolute Gasteiger partial charge is 0.493 e. The summed E-state index contributed by atoms with van der Waals surface area (Å²) in [6.45, 7) is 8.22. The van der Waals surface area contributed by atoms with Gasteiger partial charge in [0.05, 0.1) is 19.9 Å². The molecule has 0 unspecified atom stereocenters. The first-order valence-corrected chi connectivity index (χ1v) is 11.5. The van der Waals surface area contributed by atoms with E-state index in [1.54, 1.807) is 19.2 Å². The fourth-order valence-corrected chi connectivity index (χ4v) is 3.20. The number of nitrogens with one attached hydrogen (secondary N) is 2. The number of hydrazone groups is 1. The Morgan fingerprint density at radius 1 is 1.06 bits per heavy atom. The molecule has 0 spiro atoms. The van der Waals surface area contributed by atoms with Crippen LogP contribution in [0.3, 0.4) is 0 Å². The lowest BCUT2D eigenvalue weighted by molar-refractivity contribution is -0.130. The van der Waals surface area contributed by atoms with Crippen molar-refractivity contribution in [2.45, 2.75) is 46.6 Å². The van der Waals surface area contributed by atoms with Gasteiger partial charge in [0.25, 0.3) is 11.8 Å². The minimum absolute atomic E-state index is 0.183. The Hall–Kier alpha value is -3.55. The highest BCUT2D eigenvalue weighted by Crippen LogP contribution is 2.30. The van der Waals surface area contributed by atoms with Crippen LogP contribution in [0.1, 0.15) is 44.7 Å². The normalized spacial score (nSPS) is 11.8. The van der Waals surface area contributed by atoms with Crippen molar-refractivity contribution >= 4 is 18.0 Å². The second-order valence-corrected chi connectivity index (χ2v) is 8.27. The van der Waals surface area contributed by atoms with Gasteiger partial charge in [0.15, 0.2) is 18.1 Å². The van der Waals surface area contributed by atoms with Gasteiger partial charge in [0, 0.05) is 5.56 Å². The fraction of sp³-hybridized carbons (Fsp3) is 0.423. The first-order valence-electron chi connectivity index (χ1n) is 11.5. The van der Waals surface area contributed by atoms with Gasteiger partial charge in [0.1, 0.15) is 11.8 Å². The van der Waals surface area contributed by atoms with E-state index in [0.717, 1.165) is 12.0 Å². The molecule has 0 bridgehead atoms. The average Bonchev–Trinajstić information content (AvgIpc) is 2.81. The number of para-hydroxylation sites is 2. The number of benzene rings is 2. The molecule has 2 N–H and O–H groups in total. The number of amides is 2. The van der Waals surface area contributed by atoms with E-state index in [1.165, 1.54) is 6.21 Å². The molecule has 0 aliphatic rings. The molecule has 1 atom stereocenters. The molecule has 8 heteroatoms. The maximum atomic E-state index is 12.8. The number of carbonyl (C=O) groups excluding carboxylic acids is 2. The van der Waals surface area contributed by atoms with E-state index in [4.69, 9.17) is 14.2 Å². The lowest BCUT2D eigenvalue weighted by atomic mass is 10.0. The van der Waals surface area contributed by atoms with Gasteiger partial charge in [-0.05, 0) is 49.4 Å². The second kappa shape index (κ2) is 13.9. The minimum atomic E-state index is -0.744. The van der Waals surface area contributed by atoms with Gasteiger partial charge < -0.3 is 19.5 Å². The Morgan fingerprint density at radius 2 is 1.79 bits per heavy atom. The zero-order valence-electron chi connectivity index (χ0n) is 20.6. The molecule has 0 aliphatic carbocycles. The molecule has 0 fully saturated rings. The molecule has 2 rings (SSSR count). The van der Waals surface area contributed by atoms with Crippen molar-refractivity contribution in [2.75, 3.05) is 20.3 Å². The number of carbonyl (C=O) groups is 2. The van der Waals surface area contributed by atoms with Crippen LogP contribution in [0.15, 0.2) is 47.6 Å². The van der Waals surface area contributed by atoms with Crippen molar-refractivity contribution in [3.05, 3.63) is 53.6 Å². The summed E-state index contributed by atoms with van der Waals surface area (Å²) in [5.41, 5.74) is 4.13. The maximum Gasteiger partial charge on any atom is 0.262 e. The summed E-state index contributed by atoms with van der Waals surface area (Å²) < 4.78 is 16.7. The number of nitrogens with zero attached hydrogens (tertiary/aromatic N) is 1. The van der Waals surface area contributed by atoms with Gasteiger partial charge in [-0.3, -0.25) is 9.59 Å². The predicted octanol–water partition coefficient (Wildman–Crippen LogP) is 3.85. The van der Waals surface area contributed by atoms with E-state index in [0.29, 0.717) is 35.8 Å². The zero-order chi connectivity index (χ0) is 24.9. The van der Waals surface area contributed by atoms with Crippen LogP contribution in [-0.4, -0.2) is 44.4 Å². The van der Waals surface area contributed by atoms with E-state index in [-0.39, 0.29) is 18.4 Å². The van der Waals surface area contributed by atoms with E-state index < -0.39 is 11.9 Å². The summed E-state index contributed by atoms with van der Waals surface area (Å²) in [6, 6.07) is 12.1. The van der Waals surface area contributed by atoms with Crippen molar-refractivity contribution in [1.82, 2.24) is 10.7 Å². The van der Waals surface area contributed by atoms with E-state index >= 15 is 0 Å². The van der Waals surface area contributed by atoms with Crippen LogP contribution in [0.5, 0.6) is 17.2 Å². The van der Waals surface area contributed by atoms with Crippen molar-refractivity contribution in [2.24, 2.45) is 11.0 Å². The third-order valence-corrected chi connectivity index (χ3v) is 4.87. The average molecular weight is 470 g/mol. The zero-order valence-corrected chi connectivity index (χ0v) is 20.6. The highest BCUT2D eigenvalue weighted by atomic mass is 16.5. The number of hydrogen-bond donors (Lipinski definition) is 2. The number of rotatable bonds is 13. The molecule has 8 nitrogen and oxygen atoms in total. The van der Waals surface area contributed by atoms with Crippen LogP contribution in [-0.2, 0) is 9.59 Å². The number of methoxy groups -OCH3 is 1. The summed E-state index contributed by atoms with van der Waals surface area (Å²) in [6.07, 6.45) is 2.80. The lowest BCUT2D eigenvalue weighted by Gasteiger charge is -2.19. The summed E-state index contributed by atoms with van der Waals surface area (Å²) in [5, 5.41) is 6.83. The molecular weight excluding hydrogens is 434 g/mol. The minimum Gasteiger partial charge on any atom is -0.493 e. The van der Waals surface area contributed by atoms with Gasteiger partial charge in [-0.15, -0.1) is 0 Å². The summed E-state index contributed by atoms with van der Waals surface area (Å²) in [5.74, 6) is 1.17. The second-order valence-electron chi connectivity index (χ2n) is 8.27. The molecule has 34 heavy (non-hydrogen) atoms. The fourth-order valence-electron chi connectivity index (χ4n) is 3.20. The molecule has 0 heterocycles. The molecule has 0 aliphatic heterocycles. The van der Waals surface area contributed by atoms with E-state index in [9.17, 15) is 9.59 Å². The summed E-state index contributed by atoms with van der Waals surface area (Å²) >= 11 is 0. The Morgan fingerprint density at radius 3 is 2.47 bits per heavy atom. The molecule has 0 saturated carbocycles. The van der Waals surface area contributed by atoms with Crippen LogP contribution >= 0.6 is 0 Å². The van der Waals surface area contributed by atoms with Gasteiger partial charge in [0.2, 0.25) is 0 Å². The highest BCUT2D eigenvalue weighted by Gasteiger charge is 2.22. The smallest absolute Gasteiger partial charge is 0.262 e. The number of aryl methyl sites for hydroxylation is 1. The van der Waals surface area contributed by atoms with Crippen molar-refractivity contribution in [3.8, 4) is 17.2 Å². The van der Waals surface area contributed by atoms with E-state index in [1.807, 2.05) is 58.0 Å². The van der Waals surface area contributed by atoms with Crippen molar-refractivity contribution in [1.29, 1.82) is 0 Å². The highest BCUT2D eigenvalue weighted by molar-refractivity contribution is 5.90. The first-order chi connectivity index (χ1) is 16.3. The van der Waals surface area contributed by atoms with Gasteiger partial charge in [-0.1, -0.05) is 45.0 Å². The maximum absolute atomic E-state index is 12.8. The van der Waals surface area contributed by atoms with Crippen LogP contribution < -0.4 is 25.0 Å². The number of ether oxygens (including phenoxy) is 3. The first kappa shape index (κ1) is 26.7. The predicted molar refractivity (Wildman–Crippen MR) is 133 cm³/mol. The molecule has 0 radical (unpaired) electrons. The van der Waals surface area contributed by atoms with Gasteiger partial charge in [-0.25, -0.2) is 5.43 Å². The van der Waals surface area contributed by atoms with Crippen LogP contribution in [0.25, 0.3) is 0 Å². The molecule has 2 aromatic rings. The molecule has 2 amide bonds. The van der Waals surface area contributed by atoms with Crippen molar-refractivity contribution in [3.63, 3.8) is 0 Å². The summed E-state index contributed by atoms with van der Waals surface area (Å²) in [4.78, 5) is 25.2. The Labute approximate surface area is 201 Å². The molecule has 184 valence electrons. The third-order valence-electron chi connectivity index (χ3n) is 4.87. The van der Waals surface area contributed by atoms with Crippen LogP contribution in [0.4, 0.5) is 0 Å². The monoisotopic (exact) mass is 469 g/mol. The van der Waals surface area contributed by atoms with E-state index in [2.05, 4.69) is 15.8 Å². The molecule has 0 aromatic heterocycles. The summed E-state index contributed by atoms with van der Waals surface area (Å²) in [7, 11) is 1.57. The molecular formula is C26H35N3O5. The Kier molecular flexibility index (Phi) is 10.9. The lowest BCUT2D eigenvalue weighted by Crippen LogP contribution is -2.47. The van der Waals surface area contributed by atoms with Crippen LogP contribution in [0, 0.1) is 12.8 Å². The van der Waals surface area contributed by atoms with Gasteiger partial charge >= 0.3 is 0 Å². The SMILES string of the molecule is CCCOc1c(/C=N\NC(=O)[C@@H](CC(C)C)NC(=O)COc2ccccc2C)cccc1OC. The Bertz CT molecular complexity index is 975. The van der Waals surface area contributed by atoms with Crippen molar-refractivity contribution < 1.29 is 23.8 Å². The molecule has 0 saturated heterocycles. The van der Waals surface area contributed by atoms with Gasteiger partial charge in [-0.2, -0.15) is 5.10 Å². The Balaban J connectivity index is 2.02. The standard InChI is InChI=1S/C26H35N3O5/c1-6-14-33-25-20(11-9-13-23(25)32-5)16-27-29-26(31)21(15-18(2)3)28-24(30)17-34-22-12-8-7-10-19(22)4/h7-13,16,18,21H,6,14-15,17H2,1-5H3,(H,28,30)(H,29,31)/b27-16-/t21-/m1/s1. The third kappa shape index (κ3) is 8.42. The topological polar surface area (TPSA) is 98.2 Å². The van der Waals surface area contributed by atoms with Crippen LogP contribution in [0.2, 0.25) is 0 Å². The number of hydrogen-bond acceptors (Lipinski definition) is 6. The molecule has 2 aromatic carbocycles. The quantitative estimate of drug-likeness (QED) is 0.343.